The van der Waals surface area contributed by atoms with Gasteiger partial charge in [-0.25, -0.2) is 4.98 Å². The van der Waals surface area contributed by atoms with E-state index in [2.05, 4.69) is 4.98 Å². The van der Waals surface area contributed by atoms with Crippen molar-refractivity contribution in [1.82, 2.24) is 9.55 Å². The van der Waals surface area contributed by atoms with Crippen molar-refractivity contribution >= 4 is 23.1 Å². The zero-order chi connectivity index (χ0) is 20.4. The SMILES string of the molecule is Cc1cc(C(=O)COC(=O)Cc2ccc3c(c2)OCCO3)c(C)n1-c1nccs1. The lowest BCUT2D eigenvalue weighted by molar-refractivity contribution is -0.141. The van der Waals surface area contributed by atoms with Crippen LogP contribution in [0.4, 0.5) is 0 Å². The Hall–Kier alpha value is -3.13. The van der Waals surface area contributed by atoms with E-state index in [4.69, 9.17) is 14.2 Å². The van der Waals surface area contributed by atoms with Gasteiger partial charge in [-0.2, -0.15) is 0 Å². The molecule has 0 N–H and O–H groups in total. The lowest BCUT2D eigenvalue weighted by Gasteiger charge is -2.18. The summed E-state index contributed by atoms with van der Waals surface area (Å²) in [5, 5.41) is 2.68. The number of nitrogens with zero attached hydrogens (tertiary/aromatic N) is 2. The predicted octanol–water partition coefficient (Wildman–Crippen LogP) is 3.29. The van der Waals surface area contributed by atoms with E-state index >= 15 is 0 Å². The molecule has 150 valence electrons. The van der Waals surface area contributed by atoms with Gasteiger partial charge in [0.15, 0.2) is 23.2 Å². The van der Waals surface area contributed by atoms with Crippen LogP contribution in [0.5, 0.6) is 11.5 Å². The first-order chi connectivity index (χ1) is 14.0. The van der Waals surface area contributed by atoms with E-state index in [1.165, 1.54) is 11.3 Å². The van der Waals surface area contributed by atoms with Crippen LogP contribution in [0.15, 0.2) is 35.8 Å². The lowest BCUT2D eigenvalue weighted by atomic mass is 10.1. The van der Waals surface area contributed by atoms with Crippen LogP contribution in [-0.2, 0) is 16.0 Å². The molecule has 0 atom stereocenters. The topological polar surface area (TPSA) is 79.7 Å². The number of ether oxygens (including phenoxy) is 3. The van der Waals surface area contributed by atoms with Gasteiger partial charge in [0.25, 0.3) is 0 Å². The van der Waals surface area contributed by atoms with Crippen molar-refractivity contribution in [2.45, 2.75) is 20.3 Å². The zero-order valence-electron chi connectivity index (χ0n) is 16.1. The molecule has 1 aliphatic heterocycles. The van der Waals surface area contributed by atoms with Crippen molar-refractivity contribution in [2.75, 3.05) is 19.8 Å². The molecular weight excluding hydrogens is 392 g/mol. The quantitative estimate of drug-likeness (QED) is 0.457. The van der Waals surface area contributed by atoms with Crippen molar-refractivity contribution in [3.05, 3.63) is 58.4 Å². The molecule has 3 heterocycles. The molecule has 8 heteroatoms. The molecule has 0 bridgehead atoms. The van der Waals surface area contributed by atoms with Crippen LogP contribution >= 0.6 is 11.3 Å². The molecule has 0 unspecified atom stereocenters. The number of esters is 1. The van der Waals surface area contributed by atoms with Crippen molar-refractivity contribution in [3.63, 3.8) is 0 Å². The number of thiazole rings is 1. The Bertz CT molecular complexity index is 1060. The molecule has 0 amide bonds. The van der Waals surface area contributed by atoms with Crippen LogP contribution in [0, 0.1) is 13.8 Å². The maximum atomic E-state index is 12.6. The van der Waals surface area contributed by atoms with Gasteiger partial charge in [0.1, 0.15) is 13.2 Å². The number of hydrogen-bond donors (Lipinski definition) is 0. The fourth-order valence-corrected chi connectivity index (χ4v) is 4.06. The smallest absolute Gasteiger partial charge is 0.310 e. The van der Waals surface area contributed by atoms with Gasteiger partial charge in [0.05, 0.1) is 6.42 Å². The van der Waals surface area contributed by atoms with Crippen LogP contribution in [0.3, 0.4) is 0 Å². The van der Waals surface area contributed by atoms with E-state index in [0.717, 1.165) is 22.1 Å². The molecule has 0 saturated carbocycles. The Labute approximate surface area is 171 Å². The van der Waals surface area contributed by atoms with Crippen LogP contribution in [0.2, 0.25) is 0 Å². The minimum absolute atomic E-state index is 0.0576. The predicted molar refractivity (Wildman–Crippen MR) is 107 cm³/mol. The Morgan fingerprint density at radius 2 is 1.97 bits per heavy atom. The van der Waals surface area contributed by atoms with Gasteiger partial charge in [0.2, 0.25) is 5.78 Å². The minimum atomic E-state index is -0.469. The standard InChI is InChI=1S/C21H20N2O5S/c1-13-9-16(14(2)23(13)21-22-5-8-29-21)17(24)12-28-20(25)11-15-3-4-18-19(10-15)27-7-6-26-18/h3-5,8-10H,6-7,11-12H2,1-2H3. The van der Waals surface area contributed by atoms with Crippen molar-refractivity contribution < 1.29 is 23.8 Å². The van der Waals surface area contributed by atoms with Gasteiger partial charge in [0, 0.05) is 28.5 Å². The lowest BCUT2D eigenvalue weighted by Crippen LogP contribution is -2.17. The third kappa shape index (κ3) is 4.02. The summed E-state index contributed by atoms with van der Waals surface area (Å²) < 4.78 is 18.1. The van der Waals surface area contributed by atoms with Crippen LogP contribution in [0.1, 0.15) is 27.3 Å². The van der Waals surface area contributed by atoms with E-state index in [-0.39, 0.29) is 18.8 Å². The molecule has 7 nitrogen and oxygen atoms in total. The fourth-order valence-electron chi connectivity index (χ4n) is 3.31. The molecule has 3 aromatic rings. The van der Waals surface area contributed by atoms with E-state index in [9.17, 15) is 9.59 Å². The second-order valence-corrected chi connectivity index (χ2v) is 7.55. The third-order valence-electron chi connectivity index (χ3n) is 4.66. The summed E-state index contributed by atoms with van der Waals surface area (Å²) >= 11 is 1.49. The van der Waals surface area contributed by atoms with Crippen molar-refractivity contribution in [3.8, 4) is 16.6 Å². The summed E-state index contributed by atoms with van der Waals surface area (Å²) in [5.74, 6) is 0.576. The van der Waals surface area contributed by atoms with Gasteiger partial charge in [-0.3, -0.25) is 14.2 Å². The molecule has 0 aliphatic carbocycles. The zero-order valence-corrected chi connectivity index (χ0v) is 17.0. The van der Waals surface area contributed by atoms with Crippen molar-refractivity contribution in [2.24, 2.45) is 0 Å². The van der Waals surface area contributed by atoms with Crippen LogP contribution in [0.25, 0.3) is 5.13 Å². The Morgan fingerprint density at radius 1 is 1.17 bits per heavy atom. The first-order valence-electron chi connectivity index (χ1n) is 9.19. The van der Waals surface area contributed by atoms with E-state index in [1.54, 1.807) is 30.5 Å². The van der Waals surface area contributed by atoms with Gasteiger partial charge >= 0.3 is 5.97 Å². The Morgan fingerprint density at radius 3 is 2.72 bits per heavy atom. The van der Waals surface area contributed by atoms with Gasteiger partial charge < -0.3 is 14.2 Å². The largest absolute Gasteiger partial charge is 0.486 e. The maximum absolute atomic E-state index is 12.6. The summed E-state index contributed by atoms with van der Waals surface area (Å²) in [7, 11) is 0. The van der Waals surface area contributed by atoms with Crippen LogP contribution < -0.4 is 9.47 Å². The third-order valence-corrected chi connectivity index (χ3v) is 5.42. The number of Topliss-reactive ketones (excluding diaryl/α,β-unsaturated/α-hetero) is 1. The summed E-state index contributed by atoms with van der Waals surface area (Å²) in [6.07, 6.45) is 1.78. The number of carbonyl (C=O) groups is 2. The first-order valence-corrected chi connectivity index (χ1v) is 10.1. The molecule has 29 heavy (non-hydrogen) atoms. The molecular formula is C21H20N2O5S. The monoisotopic (exact) mass is 412 g/mol. The number of aromatic nitrogens is 2. The molecule has 2 aromatic heterocycles. The highest BCUT2D eigenvalue weighted by Gasteiger charge is 2.19. The van der Waals surface area contributed by atoms with E-state index in [0.29, 0.717) is 30.3 Å². The molecule has 0 fully saturated rings. The molecule has 1 aliphatic rings. The van der Waals surface area contributed by atoms with Gasteiger partial charge in [-0.15, -0.1) is 11.3 Å². The second kappa shape index (κ2) is 8.08. The van der Waals surface area contributed by atoms with E-state index < -0.39 is 5.97 Å². The molecule has 0 saturated heterocycles. The fraction of sp³-hybridized carbons (Fsp3) is 0.286. The first kappa shape index (κ1) is 19.2. The van der Waals surface area contributed by atoms with Gasteiger partial charge in [-0.05, 0) is 37.6 Å². The molecule has 4 rings (SSSR count). The highest BCUT2D eigenvalue weighted by atomic mass is 32.1. The molecule has 1 aromatic carbocycles. The summed E-state index contributed by atoms with van der Waals surface area (Å²) in [6, 6.07) is 7.13. The van der Waals surface area contributed by atoms with Crippen LogP contribution in [-0.4, -0.2) is 41.1 Å². The van der Waals surface area contributed by atoms with Gasteiger partial charge in [-0.1, -0.05) is 6.07 Å². The van der Waals surface area contributed by atoms with E-state index in [1.807, 2.05) is 23.8 Å². The minimum Gasteiger partial charge on any atom is -0.486 e. The number of ketones is 1. The number of benzene rings is 1. The molecule has 0 spiro atoms. The Kier molecular flexibility index (Phi) is 5.35. The highest BCUT2D eigenvalue weighted by molar-refractivity contribution is 7.12. The second-order valence-electron chi connectivity index (χ2n) is 6.67. The summed E-state index contributed by atoms with van der Waals surface area (Å²) in [5.41, 5.74) is 2.97. The number of hydrogen-bond acceptors (Lipinski definition) is 7. The Balaban J connectivity index is 1.39. The number of aryl methyl sites for hydroxylation is 1. The van der Waals surface area contributed by atoms with Crippen molar-refractivity contribution in [1.29, 1.82) is 0 Å². The number of carbonyl (C=O) groups excluding carboxylic acids is 2. The summed E-state index contributed by atoms with van der Waals surface area (Å²) in [4.78, 5) is 29.1. The maximum Gasteiger partial charge on any atom is 0.310 e. The normalized spacial score (nSPS) is 12.6. The molecule has 0 radical (unpaired) electrons. The highest BCUT2D eigenvalue weighted by Crippen LogP contribution is 2.31. The number of rotatable bonds is 6. The average molecular weight is 412 g/mol. The average Bonchev–Trinajstić information content (AvgIpc) is 3.33. The number of fused-ring (bicyclic) bond motifs is 1. The summed E-state index contributed by atoms with van der Waals surface area (Å²) in [6.45, 7) is 4.47.